The Morgan fingerprint density at radius 1 is 0.426 bits per heavy atom. The van der Waals surface area contributed by atoms with E-state index < -0.39 is 0 Å². The van der Waals surface area contributed by atoms with E-state index in [-0.39, 0.29) is 5.41 Å². The maximum atomic E-state index is 7.19. The first-order chi connectivity index (χ1) is 30.0. The summed E-state index contributed by atoms with van der Waals surface area (Å²) in [6, 6.07) is 69.7. The SMILES string of the molecule is CC1(C)c2ccc3oc4ccccc4c3c2-c2c1cc(N(c1ccc(-c3ccccc3)cc1)c1cccc3c1c1ccccc1n3-c1ccccc1)c1oc3ccccc3c21. The highest BCUT2D eigenvalue weighted by molar-refractivity contribution is 6.25. The van der Waals surface area contributed by atoms with Gasteiger partial charge in [-0.3, -0.25) is 0 Å². The fourth-order valence-corrected chi connectivity index (χ4v) is 10.4. The minimum atomic E-state index is -0.337. The lowest BCUT2D eigenvalue weighted by Crippen LogP contribution is -2.17. The molecule has 0 atom stereocenters. The molecule has 4 nitrogen and oxygen atoms in total. The summed E-state index contributed by atoms with van der Waals surface area (Å²) in [6.45, 7) is 4.74. The molecule has 0 amide bonds. The minimum Gasteiger partial charge on any atom is -0.456 e. The summed E-state index contributed by atoms with van der Waals surface area (Å²) < 4.78 is 16.1. The van der Waals surface area contributed by atoms with Gasteiger partial charge in [-0.15, -0.1) is 0 Å². The highest BCUT2D eigenvalue weighted by atomic mass is 16.3. The number of hydrogen-bond acceptors (Lipinski definition) is 3. The molecule has 1 aliphatic carbocycles. The molecule has 0 fully saturated rings. The minimum absolute atomic E-state index is 0.337. The van der Waals surface area contributed by atoms with Crippen molar-refractivity contribution in [2.75, 3.05) is 4.90 Å². The first-order valence-electron chi connectivity index (χ1n) is 21.0. The smallest absolute Gasteiger partial charge is 0.160 e. The molecule has 61 heavy (non-hydrogen) atoms. The van der Waals surface area contributed by atoms with E-state index in [1.165, 1.54) is 44.2 Å². The largest absolute Gasteiger partial charge is 0.456 e. The van der Waals surface area contributed by atoms with Crippen molar-refractivity contribution < 1.29 is 8.83 Å². The summed E-state index contributed by atoms with van der Waals surface area (Å²) in [5, 5.41) is 6.87. The van der Waals surface area contributed by atoms with Crippen molar-refractivity contribution >= 4 is 82.7 Å². The van der Waals surface area contributed by atoms with Crippen LogP contribution in [0.3, 0.4) is 0 Å². The normalized spacial score (nSPS) is 13.2. The molecule has 1 aliphatic rings. The summed E-state index contributed by atoms with van der Waals surface area (Å²) in [5.74, 6) is 0. The molecule has 0 unspecified atom stereocenters. The van der Waals surface area contributed by atoms with Crippen LogP contribution in [0, 0.1) is 0 Å². The maximum absolute atomic E-state index is 7.19. The van der Waals surface area contributed by atoms with Crippen molar-refractivity contribution in [1.82, 2.24) is 4.57 Å². The van der Waals surface area contributed by atoms with Gasteiger partial charge >= 0.3 is 0 Å². The van der Waals surface area contributed by atoms with Gasteiger partial charge in [0.05, 0.1) is 22.4 Å². The molecule has 3 heterocycles. The lowest BCUT2D eigenvalue weighted by atomic mass is 9.81. The van der Waals surface area contributed by atoms with Crippen molar-refractivity contribution in [3.8, 4) is 27.9 Å². The molecule has 3 aromatic heterocycles. The molecule has 0 saturated heterocycles. The third kappa shape index (κ3) is 4.76. The second-order valence-electron chi connectivity index (χ2n) is 16.8. The van der Waals surface area contributed by atoms with Gasteiger partial charge in [0.15, 0.2) is 5.58 Å². The van der Waals surface area contributed by atoms with Crippen LogP contribution in [0.25, 0.3) is 93.6 Å². The highest BCUT2D eigenvalue weighted by Crippen LogP contribution is 2.59. The van der Waals surface area contributed by atoms with Crippen LogP contribution in [-0.4, -0.2) is 4.57 Å². The molecule has 4 heteroatoms. The number of nitrogens with zero attached hydrogens (tertiary/aromatic N) is 2. The van der Waals surface area contributed by atoms with Crippen molar-refractivity contribution in [3.05, 3.63) is 205 Å². The molecular formula is C57H38N2O2. The third-order valence-electron chi connectivity index (χ3n) is 13.2. The Balaban J connectivity index is 1.17. The monoisotopic (exact) mass is 782 g/mol. The van der Waals surface area contributed by atoms with Crippen LogP contribution in [0.1, 0.15) is 25.0 Å². The molecule has 0 saturated carbocycles. The standard InChI is InChI=1S/C57H38N2O2/c1-57(2)42-32-33-50-52(40-21-10-13-26-48(40)60-50)54(42)55-43(57)34-47(56-53(55)41-22-11-14-27-49(41)61-56)59(38-30-28-36(29-31-38)35-16-5-3-6-17-35)46-25-15-24-45-51(46)39-20-9-12-23-44(39)58(45)37-18-7-4-8-19-37/h3-34H,1-2H3. The number of aromatic nitrogens is 1. The van der Waals surface area contributed by atoms with Crippen LogP contribution < -0.4 is 4.90 Å². The van der Waals surface area contributed by atoms with E-state index in [2.05, 4.69) is 217 Å². The Morgan fingerprint density at radius 2 is 1.03 bits per heavy atom. The lowest BCUT2D eigenvalue weighted by Gasteiger charge is -2.29. The molecule has 0 N–H and O–H groups in total. The van der Waals surface area contributed by atoms with Crippen molar-refractivity contribution in [2.45, 2.75) is 19.3 Å². The van der Waals surface area contributed by atoms with Crippen molar-refractivity contribution in [3.63, 3.8) is 0 Å². The van der Waals surface area contributed by atoms with Crippen LogP contribution in [0.4, 0.5) is 17.1 Å². The quantitative estimate of drug-likeness (QED) is 0.174. The van der Waals surface area contributed by atoms with Gasteiger partial charge in [0.1, 0.15) is 16.7 Å². The fraction of sp³-hybridized carbons (Fsp3) is 0.0526. The molecule has 0 bridgehead atoms. The van der Waals surface area contributed by atoms with E-state index in [0.717, 1.165) is 77.7 Å². The number of rotatable bonds is 5. The van der Waals surface area contributed by atoms with E-state index in [0.29, 0.717) is 0 Å². The third-order valence-corrected chi connectivity index (χ3v) is 13.2. The van der Waals surface area contributed by atoms with E-state index in [4.69, 9.17) is 8.83 Å². The average Bonchev–Trinajstić information content (AvgIpc) is 4.04. The number of benzene rings is 9. The molecule has 9 aromatic carbocycles. The topological polar surface area (TPSA) is 34.5 Å². The summed E-state index contributed by atoms with van der Waals surface area (Å²) >= 11 is 0. The highest BCUT2D eigenvalue weighted by Gasteiger charge is 2.41. The van der Waals surface area contributed by atoms with Gasteiger partial charge in [0.25, 0.3) is 0 Å². The van der Waals surface area contributed by atoms with Gasteiger partial charge in [0.2, 0.25) is 0 Å². The molecule has 0 radical (unpaired) electrons. The average molecular weight is 783 g/mol. The Bertz CT molecular complexity index is 3720. The summed E-state index contributed by atoms with van der Waals surface area (Å²) in [6.07, 6.45) is 0. The van der Waals surface area contributed by atoms with Crippen LogP contribution in [0.5, 0.6) is 0 Å². The summed E-state index contributed by atoms with van der Waals surface area (Å²) in [5.41, 5.74) is 17.1. The van der Waals surface area contributed by atoms with Crippen molar-refractivity contribution in [1.29, 1.82) is 0 Å². The number of hydrogen-bond donors (Lipinski definition) is 0. The summed E-state index contributed by atoms with van der Waals surface area (Å²) in [4.78, 5) is 2.45. The Hall–Kier alpha value is -7.82. The Kier molecular flexibility index (Phi) is 7.04. The van der Waals surface area contributed by atoms with Gasteiger partial charge in [-0.1, -0.05) is 141 Å². The van der Waals surface area contributed by atoms with Crippen LogP contribution in [0.2, 0.25) is 0 Å². The molecule has 13 rings (SSSR count). The predicted molar refractivity (Wildman–Crippen MR) is 253 cm³/mol. The number of para-hydroxylation sites is 4. The number of furan rings is 2. The van der Waals surface area contributed by atoms with Gasteiger partial charge in [-0.25, -0.2) is 0 Å². The Morgan fingerprint density at radius 3 is 1.80 bits per heavy atom. The molecule has 0 aliphatic heterocycles. The van der Waals surface area contributed by atoms with E-state index in [1.807, 2.05) is 0 Å². The predicted octanol–water partition coefficient (Wildman–Crippen LogP) is 16.0. The van der Waals surface area contributed by atoms with Crippen LogP contribution >= 0.6 is 0 Å². The molecule has 0 spiro atoms. The van der Waals surface area contributed by atoms with Gasteiger partial charge in [-0.05, 0) is 100 Å². The van der Waals surface area contributed by atoms with E-state index in [1.54, 1.807) is 0 Å². The molecule has 288 valence electrons. The molecule has 12 aromatic rings. The lowest BCUT2D eigenvalue weighted by molar-refractivity contribution is 0.654. The summed E-state index contributed by atoms with van der Waals surface area (Å²) in [7, 11) is 0. The van der Waals surface area contributed by atoms with E-state index in [9.17, 15) is 0 Å². The van der Waals surface area contributed by atoms with E-state index >= 15 is 0 Å². The van der Waals surface area contributed by atoms with Crippen LogP contribution in [0.15, 0.2) is 203 Å². The maximum Gasteiger partial charge on any atom is 0.160 e. The van der Waals surface area contributed by atoms with Gasteiger partial charge in [-0.2, -0.15) is 0 Å². The van der Waals surface area contributed by atoms with Gasteiger partial charge in [0, 0.05) is 49.1 Å². The zero-order chi connectivity index (χ0) is 40.4. The first kappa shape index (κ1) is 34.1. The zero-order valence-electron chi connectivity index (χ0n) is 33.7. The Labute approximate surface area is 352 Å². The van der Waals surface area contributed by atoms with Crippen molar-refractivity contribution in [2.24, 2.45) is 0 Å². The second-order valence-corrected chi connectivity index (χ2v) is 16.8. The van der Waals surface area contributed by atoms with Gasteiger partial charge < -0.3 is 18.3 Å². The number of fused-ring (bicyclic) bond motifs is 14. The number of anilines is 3. The molecular weight excluding hydrogens is 745 g/mol. The van der Waals surface area contributed by atoms with Crippen LogP contribution in [-0.2, 0) is 5.41 Å². The zero-order valence-corrected chi connectivity index (χ0v) is 33.7. The first-order valence-corrected chi connectivity index (χ1v) is 21.0. The second kappa shape index (κ2) is 12.6. The fourth-order valence-electron chi connectivity index (χ4n) is 10.4.